The van der Waals surface area contributed by atoms with Crippen molar-refractivity contribution >= 4 is 21.6 Å². The molecule has 6 nitrogen and oxygen atoms in total. The summed E-state index contributed by atoms with van der Waals surface area (Å²) in [6.45, 7) is 3.78. The van der Waals surface area contributed by atoms with Gasteiger partial charge in [-0.05, 0) is 26.0 Å². The number of H-pyrrole nitrogens is 1. The van der Waals surface area contributed by atoms with Gasteiger partial charge in [-0.15, -0.1) is 11.6 Å². The van der Waals surface area contributed by atoms with E-state index >= 15 is 0 Å². The fourth-order valence-corrected chi connectivity index (χ4v) is 3.65. The summed E-state index contributed by atoms with van der Waals surface area (Å²) in [5, 5.41) is 6.52. The van der Waals surface area contributed by atoms with Crippen LogP contribution in [0.2, 0.25) is 0 Å². The molecule has 0 aliphatic rings. The Kier molecular flexibility index (Phi) is 4.65. The van der Waals surface area contributed by atoms with E-state index < -0.39 is 10.0 Å². The lowest BCUT2D eigenvalue weighted by Gasteiger charge is -2.16. The largest absolute Gasteiger partial charge is 0.281 e. The van der Waals surface area contributed by atoms with Crippen LogP contribution in [0.4, 0.5) is 0 Å². The highest BCUT2D eigenvalue weighted by Gasteiger charge is 2.28. The van der Waals surface area contributed by atoms with Gasteiger partial charge < -0.3 is 0 Å². The van der Waals surface area contributed by atoms with Crippen LogP contribution in [0.1, 0.15) is 22.6 Å². The maximum Gasteiger partial charge on any atom is 0.262 e. The molecular formula is C13H17ClN4O2S. The highest BCUT2D eigenvalue weighted by molar-refractivity contribution is 7.89. The van der Waals surface area contributed by atoms with Crippen molar-refractivity contribution in [3.63, 3.8) is 0 Å². The van der Waals surface area contributed by atoms with E-state index in [2.05, 4.69) is 15.2 Å². The van der Waals surface area contributed by atoms with Gasteiger partial charge in [-0.1, -0.05) is 6.07 Å². The van der Waals surface area contributed by atoms with Crippen LogP contribution in [-0.2, 0) is 22.4 Å². The number of aromatic nitrogens is 3. The van der Waals surface area contributed by atoms with E-state index in [1.165, 1.54) is 11.4 Å². The second-order valence-electron chi connectivity index (χ2n) is 4.80. The van der Waals surface area contributed by atoms with Gasteiger partial charge in [-0.2, -0.15) is 9.40 Å². The van der Waals surface area contributed by atoms with E-state index in [1.54, 1.807) is 13.0 Å². The summed E-state index contributed by atoms with van der Waals surface area (Å²) in [6, 6.07) is 5.50. The predicted octanol–water partition coefficient (Wildman–Crippen LogP) is 1.98. The van der Waals surface area contributed by atoms with E-state index in [0.717, 1.165) is 5.69 Å². The van der Waals surface area contributed by atoms with Crippen LogP contribution in [0, 0.1) is 13.8 Å². The first-order chi connectivity index (χ1) is 9.86. The van der Waals surface area contributed by atoms with Gasteiger partial charge in [0.2, 0.25) is 0 Å². The number of nitrogens with zero attached hydrogens (tertiary/aromatic N) is 3. The zero-order valence-electron chi connectivity index (χ0n) is 12.1. The van der Waals surface area contributed by atoms with E-state index in [1.807, 2.05) is 19.1 Å². The molecule has 2 aromatic heterocycles. The standard InChI is InChI=1S/C13H17ClN4O2S/c1-9-5-4-6-11(15-9)8-18(3)21(19,20)13-12(7-14)10(2)16-17-13/h4-6H,7-8H2,1-3H3,(H,16,17). The number of hydrogen-bond acceptors (Lipinski definition) is 4. The van der Waals surface area contributed by atoms with Gasteiger partial charge >= 0.3 is 0 Å². The summed E-state index contributed by atoms with van der Waals surface area (Å²) < 4.78 is 26.4. The summed E-state index contributed by atoms with van der Waals surface area (Å²) in [5.74, 6) is 0.0907. The number of rotatable bonds is 5. The van der Waals surface area contributed by atoms with Crippen LogP contribution in [0.25, 0.3) is 0 Å². The predicted molar refractivity (Wildman–Crippen MR) is 80.5 cm³/mol. The van der Waals surface area contributed by atoms with Crippen molar-refractivity contribution in [2.75, 3.05) is 7.05 Å². The van der Waals surface area contributed by atoms with Crippen molar-refractivity contribution in [2.45, 2.75) is 31.3 Å². The van der Waals surface area contributed by atoms with Crippen LogP contribution >= 0.6 is 11.6 Å². The van der Waals surface area contributed by atoms with Crippen molar-refractivity contribution in [1.82, 2.24) is 19.5 Å². The second kappa shape index (κ2) is 6.13. The van der Waals surface area contributed by atoms with Crippen molar-refractivity contribution in [3.8, 4) is 0 Å². The van der Waals surface area contributed by atoms with Gasteiger partial charge in [0.05, 0.1) is 18.1 Å². The fourth-order valence-electron chi connectivity index (χ4n) is 1.95. The van der Waals surface area contributed by atoms with Crippen LogP contribution in [0.15, 0.2) is 23.2 Å². The van der Waals surface area contributed by atoms with Gasteiger partial charge in [0.15, 0.2) is 5.03 Å². The highest BCUT2D eigenvalue weighted by Crippen LogP contribution is 2.22. The molecule has 1 N–H and O–H groups in total. The molecule has 0 aliphatic carbocycles. The molecule has 0 radical (unpaired) electrons. The van der Waals surface area contributed by atoms with Crippen molar-refractivity contribution in [3.05, 3.63) is 40.8 Å². The minimum absolute atomic E-state index is 0.0230. The van der Waals surface area contributed by atoms with Crippen molar-refractivity contribution in [2.24, 2.45) is 0 Å². The summed E-state index contributed by atoms with van der Waals surface area (Å²) in [4.78, 5) is 4.31. The zero-order chi connectivity index (χ0) is 15.6. The molecule has 0 amide bonds. The molecular weight excluding hydrogens is 312 g/mol. The molecule has 0 atom stereocenters. The highest BCUT2D eigenvalue weighted by atomic mass is 35.5. The average molecular weight is 329 g/mol. The number of halogens is 1. The minimum Gasteiger partial charge on any atom is -0.281 e. The van der Waals surface area contributed by atoms with E-state index in [0.29, 0.717) is 17.0 Å². The molecule has 21 heavy (non-hydrogen) atoms. The third-order valence-corrected chi connectivity index (χ3v) is 5.20. The van der Waals surface area contributed by atoms with Crippen molar-refractivity contribution in [1.29, 1.82) is 0 Å². The molecule has 2 rings (SSSR count). The van der Waals surface area contributed by atoms with Crippen LogP contribution in [0.5, 0.6) is 0 Å². The maximum atomic E-state index is 12.6. The smallest absolute Gasteiger partial charge is 0.262 e. The van der Waals surface area contributed by atoms with Gasteiger partial charge in [-0.3, -0.25) is 10.1 Å². The van der Waals surface area contributed by atoms with Crippen LogP contribution in [0.3, 0.4) is 0 Å². The lowest BCUT2D eigenvalue weighted by Crippen LogP contribution is -2.28. The minimum atomic E-state index is -3.71. The van der Waals surface area contributed by atoms with Gasteiger partial charge in [0.1, 0.15) is 0 Å². The number of hydrogen-bond donors (Lipinski definition) is 1. The molecule has 0 bridgehead atoms. The topological polar surface area (TPSA) is 79.0 Å². The summed E-state index contributed by atoms with van der Waals surface area (Å²) in [6.07, 6.45) is 0. The Morgan fingerprint density at radius 3 is 2.67 bits per heavy atom. The number of aryl methyl sites for hydroxylation is 2. The van der Waals surface area contributed by atoms with E-state index in [-0.39, 0.29) is 17.5 Å². The van der Waals surface area contributed by atoms with Gasteiger partial charge in [-0.25, -0.2) is 8.42 Å². The van der Waals surface area contributed by atoms with E-state index in [4.69, 9.17) is 11.6 Å². The molecule has 0 aromatic carbocycles. The Bertz CT molecular complexity index is 742. The fraction of sp³-hybridized carbons (Fsp3) is 0.385. The maximum absolute atomic E-state index is 12.6. The normalized spacial score (nSPS) is 12.0. The lowest BCUT2D eigenvalue weighted by atomic mass is 10.3. The Morgan fingerprint density at radius 2 is 2.05 bits per heavy atom. The molecule has 0 unspecified atom stereocenters. The Labute approximate surface area is 129 Å². The van der Waals surface area contributed by atoms with Crippen molar-refractivity contribution < 1.29 is 8.42 Å². The molecule has 0 fully saturated rings. The molecule has 2 aromatic rings. The first kappa shape index (κ1) is 15.9. The van der Waals surface area contributed by atoms with Crippen LogP contribution < -0.4 is 0 Å². The van der Waals surface area contributed by atoms with Crippen LogP contribution in [-0.4, -0.2) is 35.0 Å². The third kappa shape index (κ3) is 3.25. The summed E-state index contributed by atoms with van der Waals surface area (Å²) in [5.41, 5.74) is 2.68. The second-order valence-corrected chi connectivity index (χ2v) is 7.02. The number of alkyl halides is 1. The molecule has 8 heteroatoms. The number of nitrogens with one attached hydrogen (secondary N) is 1. The third-order valence-electron chi connectivity index (χ3n) is 3.15. The zero-order valence-corrected chi connectivity index (χ0v) is 13.7. The SMILES string of the molecule is Cc1cccc(CN(C)S(=O)(=O)c2n[nH]c(C)c2CCl)n1. The molecule has 0 aliphatic heterocycles. The van der Waals surface area contributed by atoms with Gasteiger partial charge in [0, 0.05) is 24.0 Å². The number of sulfonamides is 1. The Balaban J connectivity index is 2.30. The summed E-state index contributed by atoms with van der Waals surface area (Å²) >= 11 is 5.82. The Morgan fingerprint density at radius 1 is 1.33 bits per heavy atom. The molecule has 0 saturated carbocycles. The van der Waals surface area contributed by atoms with E-state index in [9.17, 15) is 8.42 Å². The monoisotopic (exact) mass is 328 g/mol. The number of aromatic amines is 1. The average Bonchev–Trinajstić information content (AvgIpc) is 2.80. The first-order valence-corrected chi connectivity index (χ1v) is 8.32. The Hall–Kier alpha value is -1.44. The first-order valence-electron chi connectivity index (χ1n) is 6.35. The molecule has 114 valence electrons. The molecule has 0 saturated heterocycles. The molecule has 0 spiro atoms. The van der Waals surface area contributed by atoms with Gasteiger partial charge in [0.25, 0.3) is 10.0 Å². The summed E-state index contributed by atoms with van der Waals surface area (Å²) in [7, 11) is -2.20. The quantitative estimate of drug-likeness (QED) is 0.851. The number of pyridine rings is 1. The molecule has 2 heterocycles. The lowest BCUT2D eigenvalue weighted by molar-refractivity contribution is 0.458.